The predicted molar refractivity (Wildman–Crippen MR) is 45.5 cm³/mol. The lowest BCUT2D eigenvalue weighted by Gasteiger charge is -2.11. The van der Waals surface area contributed by atoms with Crippen molar-refractivity contribution in [2.45, 2.75) is 3.98 Å². The number of carbonyl (C=O) groups excluding carboxylic acids is 1. The highest BCUT2D eigenvalue weighted by molar-refractivity contribution is 6.66. The maximum atomic E-state index is 10.6. The number of ether oxygens (including phenoxy) is 1. The van der Waals surface area contributed by atoms with E-state index in [4.69, 9.17) is 46.4 Å². The first-order chi connectivity index (χ1) is 4.95. The van der Waals surface area contributed by atoms with E-state index < -0.39 is 10.1 Å². The molecule has 0 saturated heterocycles. The van der Waals surface area contributed by atoms with Gasteiger partial charge in [-0.05, 0) is 34.8 Å². The first-order valence-corrected chi connectivity index (χ1v) is 4.22. The highest BCUT2D eigenvalue weighted by Gasteiger charge is 2.24. The monoisotopic (exact) mass is 239 g/mol. The Hall–Kier alpha value is 0.430. The molecule has 1 amide bonds. The van der Waals surface area contributed by atoms with Crippen molar-refractivity contribution in [1.29, 1.82) is 0 Å². The highest BCUT2D eigenvalue weighted by atomic mass is 35.6. The van der Waals surface area contributed by atoms with Crippen molar-refractivity contribution >= 4 is 52.5 Å². The molecule has 0 unspecified atom stereocenters. The van der Waals surface area contributed by atoms with E-state index in [1.165, 1.54) is 0 Å². The number of hydrogen-bond acceptors (Lipinski definition) is 2. The minimum absolute atomic E-state index is 0.265. The van der Waals surface area contributed by atoms with Crippen LogP contribution in [0.5, 0.6) is 0 Å². The standard InChI is InChI=1S/C4H5Cl4NO2/c5-1-2-9-3(10)11-4(6,7)8/h1-2H2,(H,9,10). The molecular formula is C4H5Cl4NO2. The van der Waals surface area contributed by atoms with Crippen LogP contribution in [0, 0.1) is 0 Å². The van der Waals surface area contributed by atoms with Gasteiger partial charge in [-0.1, -0.05) is 0 Å². The third-order valence-electron chi connectivity index (χ3n) is 0.572. The van der Waals surface area contributed by atoms with Gasteiger partial charge < -0.3 is 10.1 Å². The zero-order valence-corrected chi connectivity index (χ0v) is 8.27. The maximum Gasteiger partial charge on any atom is 0.410 e. The Labute approximate surface area is 83.9 Å². The molecular weight excluding hydrogens is 236 g/mol. The van der Waals surface area contributed by atoms with Crippen molar-refractivity contribution in [3.63, 3.8) is 0 Å². The van der Waals surface area contributed by atoms with E-state index in [1.54, 1.807) is 0 Å². The first-order valence-electron chi connectivity index (χ1n) is 2.55. The summed E-state index contributed by atoms with van der Waals surface area (Å²) < 4.78 is 2.21. The molecule has 0 aliphatic rings. The van der Waals surface area contributed by atoms with Gasteiger partial charge in [0.05, 0.1) is 0 Å². The lowest BCUT2D eigenvalue weighted by Crippen LogP contribution is -2.30. The fourth-order valence-corrected chi connectivity index (χ4v) is 0.595. The van der Waals surface area contributed by atoms with E-state index in [2.05, 4.69) is 10.1 Å². The molecule has 0 radical (unpaired) electrons. The molecule has 0 fully saturated rings. The minimum atomic E-state index is -2.02. The molecule has 11 heavy (non-hydrogen) atoms. The number of rotatable bonds is 2. The quantitative estimate of drug-likeness (QED) is 0.753. The summed E-state index contributed by atoms with van der Waals surface area (Å²) >= 11 is 20.6. The highest BCUT2D eigenvalue weighted by Crippen LogP contribution is 2.27. The molecule has 0 saturated carbocycles. The smallest absolute Gasteiger partial charge is 0.398 e. The molecule has 3 nitrogen and oxygen atoms in total. The lowest BCUT2D eigenvalue weighted by molar-refractivity contribution is 0.145. The number of carbonyl (C=O) groups is 1. The number of halogens is 4. The number of alkyl halides is 4. The Morgan fingerprint density at radius 3 is 2.36 bits per heavy atom. The van der Waals surface area contributed by atoms with E-state index in [9.17, 15) is 4.79 Å². The molecule has 0 atom stereocenters. The average Bonchev–Trinajstić information content (AvgIpc) is 1.79. The predicted octanol–water partition coefficient (Wildman–Crippen LogP) is 2.28. The molecule has 0 aliphatic carbocycles. The van der Waals surface area contributed by atoms with Crippen molar-refractivity contribution in [3.8, 4) is 0 Å². The van der Waals surface area contributed by atoms with Crippen LogP contribution in [0.25, 0.3) is 0 Å². The largest absolute Gasteiger partial charge is 0.410 e. The molecule has 0 aromatic rings. The summed E-state index contributed by atoms with van der Waals surface area (Å²) in [5.74, 6) is 0.273. The van der Waals surface area contributed by atoms with E-state index in [1.807, 2.05) is 0 Å². The Morgan fingerprint density at radius 1 is 1.45 bits per heavy atom. The summed E-state index contributed by atoms with van der Waals surface area (Å²) in [6.07, 6.45) is -0.814. The van der Waals surface area contributed by atoms with Crippen LogP contribution in [0.4, 0.5) is 4.79 Å². The molecule has 0 aromatic heterocycles. The van der Waals surface area contributed by atoms with Gasteiger partial charge in [-0.15, -0.1) is 11.6 Å². The lowest BCUT2D eigenvalue weighted by atomic mass is 10.7. The second-order valence-electron chi connectivity index (χ2n) is 1.45. The molecule has 66 valence electrons. The number of alkyl carbamates (subject to hydrolysis) is 1. The third kappa shape index (κ3) is 8.34. The van der Waals surface area contributed by atoms with Gasteiger partial charge in [0.15, 0.2) is 0 Å². The van der Waals surface area contributed by atoms with Crippen molar-refractivity contribution in [1.82, 2.24) is 5.32 Å². The van der Waals surface area contributed by atoms with Crippen LogP contribution in [0.3, 0.4) is 0 Å². The van der Waals surface area contributed by atoms with Crippen molar-refractivity contribution in [3.05, 3.63) is 0 Å². The number of amides is 1. The van der Waals surface area contributed by atoms with E-state index in [-0.39, 0.29) is 12.4 Å². The van der Waals surface area contributed by atoms with Gasteiger partial charge in [-0.25, -0.2) is 4.79 Å². The second kappa shape index (κ2) is 5.14. The molecule has 0 heterocycles. The SMILES string of the molecule is O=C(NCCCl)OC(Cl)(Cl)Cl. The minimum Gasteiger partial charge on any atom is -0.398 e. The number of nitrogens with one attached hydrogen (secondary N) is 1. The number of hydrogen-bond donors (Lipinski definition) is 1. The summed E-state index contributed by atoms with van der Waals surface area (Å²) in [6, 6.07) is 0. The Balaban J connectivity index is 3.53. The van der Waals surface area contributed by atoms with Crippen LogP contribution in [-0.2, 0) is 4.74 Å². The van der Waals surface area contributed by atoms with Crippen LogP contribution in [0.15, 0.2) is 0 Å². The van der Waals surface area contributed by atoms with Gasteiger partial charge in [0.25, 0.3) is 0 Å². The van der Waals surface area contributed by atoms with Crippen LogP contribution in [-0.4, -0.2) is 22.5 Å². The maximum absolute atomic E-state index is 10.6. The van der Waals surface area contributed by atoms with Gasteiger partial charge in [0.1, 0.15) is 0 Å². The van der Waals surface area contributed by atoms with Crippen LogP contribution in [0.1, 0.15) is 0 Å². The summed E-state index contributed by atoms with van der Waals surface area (Å²) in [6.45, 7) is 0.265. The molecule has 0 aromatic carbocycles. The Morgan fingerprint density at radius 2 is 2.00 bits per heavy atom. The van der Waals surface area contributed by atoms with Gasteiger partial charge >= 0.3 is 10.1 Å². The summed E-state index contributed by atoms with van der Waals surface area (Å²) in [4.78, 5) is 10.6. The van der Waals surface area contributed by atoms with Crippen molar-refractivity contribution in [2.75, 3.05) is 12.4 Å². The van der Waals surface area contributed by atoms with Crippen molar-refractivity contribution in [2.24, 2.45) is 0 Å². The van der Waals surface area contributed by atoms with Gasteiger partial charge in [0.2, 0.25) is 0 Å². The fraction of sp³-hybridized carbons (Fsp3) is 0.750. The van der Waals surface area contributed by atoms with Gasteiger partial charge in [0, 0.05) is 12.4 Å². The fourth-order valence-electron chi connectivity index (χ4n) is 0.291. The normalized spacial score (nSPS) is 10.9. The topological polar surface area (TPSA) is 38.3 Å². The molecule has 1 N–H and O–H groups in total. The first kappa shape index (κ1) is 11.4. The molecule has 0 rings (SSSR count). The van der Waals surface area contributed by atoms with E-state index >= 15 is 0 Å². The summed E-state index contributed by atoms with van der Waals surface area (Å²) in [7, 11) is 0. The van der Waals surface area contributed by atoms with Crippen LogP contribution >= 0.6 is 46.4 Å². The molecule has 0 spiro atoms. The Bertz CT molecular complexity index is 135. The molecule has 0 bridgehead atoms. The average molecular weight is 241 g/mol. The van der Waals surface area contributed by atoms with Crippen LogP contribution in [0.2, 0.25) is 0 Å². The third-order valence-corrected chi connectivity index (χ3v) is 0.993. The van der Waals surface area contributed by atoms with E-state index in [0.29, 0.717) is 0 Å². The van der Waals surface area contributed by atoms with Crippen molar-refractivity contribution < 1.29 is 9.53 Å². The zero-order chi connectivity index (χ0) is 8.91. The molecule has 7 heteroatoms. The van der Waals surface area contributed by atoms with E-state index in [0.717, 1.165) is 0 Å². The Kier molecular flexibility index (Phi) is 5.34. The summed E-state index contributed by atoms with van der Waals surface area (Å²) in [5.41, 5.74) is 0. The second-order valence-corrected chi connectivity index (χ2v) is 4.01. The van der Waals surface area contributed by atoms with Crippen LogP contribution < -0.4 is 5.32 Å². The molecule has 0 aliphatic heterocycles. The van der Waals surface area contributed by atoms with Gasteiger partial charge in [-0.3, -0.25) is 0 Å². The zero-order valence-electron chi connectivity index (χ0n) is 5.24. The van der Waals surface area contributed by atoms with Gasteiger partial charge in [-0.2, -0.15) is 0 Å². The summed E-state index contributed by atoms with van der Waals surface area (Å²) in [5, 5.41) is 2.24.